The molecule has 0 radical (unpaired) electrons. The van der Waals surface area contributed by atoms with Gasteiger partial charge in [0.1, 0.15) is 17.3 Å². The molecule has 0 spiro atoms. The summed E-state index contributed by atoms with van der Waals surface area (Å²) in [4.78, 5) is 24.9. The quantitative estimate of drug-likeness (QED) is 0.119. The number of benzene rings is 1. The number of ketones is 1. The molecule has 0 bridgehead atoms. The number of aliphatic imine (C=N–C) groups is 1. The second-order valence-corrected chi connectivity index (χ2v) is 12.6. The maximum absolute atomic E-state index is 13.2. The van der Waals surface area contributed by atoms with Gasteiger partial charge in [0.05, 0.1) is 18.5 Å². The number of unbranched alkanes of at least 4 members (excludes halogenated alkanes) is 1. The van der Waals surface area contributed by atoms with Gasteiger partial charge in [0, 0.05) is 37.4 Å². The van der Waals surface area contributed by atoms with Crippen LogP contribution >= 0.6 is 0 Å². The van der Waals surface area contributed by atoms with Crippen LogP contribution in [0.5, 0.6) is 0 Å². The molecule has 1 saturated heterocycles. The average Bonchev–Trinajstić information content (AvgIpc) is 3.37. The van der Waals surface area contributed by atoms with E-state index >= 15 is 0 Å². The molecule has 7 heteroatoms. The monoisotopic (exact) mass is 600 g/mol. The maximum atomic E-state index is 13.2. The molecule has 1 saturated carbocycles. The van der Waals surface area contributed by atoms with Crippen molar-refractivity contribution in [3.63, 3.8) is 0 Å². The van der Waals surface area contributed by atoms with Crippen LogP contribution in [0.15, 0.2) is 65.2 Å². The Morgan fingerprint density at radius 2 is 1.86 bits per heavy atom. The number of allylic oxidation sites excluding steroid dienone is 6. The molecule has 1 unspecified atom stereocenters. The summed E-state index contributed by atoms with van der Waals surface area (Å²) in [5, 5.41) is 0. The van der Waals surface area contributed by atoms with Crippen molar-refractivity contribution in [2.24, 2.45) is 10.9 Å². The molecular formula is C37H49FN4O2. The summed E-state index contributed by atoms with van der Waals surface area (Å²) < 4.78 is 22.0. The molecular weight excluding hydrogens is 551 g/mol. The fourth-order valence-corrected chi connectivity index (χ4v) is 6.39. The Morgan fingerprint density at radius 1 is 1.07 bits per heavy atom. The number of carbonyl (C=O) groups excluding carboxylic acids is 1. The van der Waals surface area contributed by atoms with Crippen molar-refractivity contribution in [3.05, 3.63) is 88.8 Å². The minimum atomic E-state index is -0.320. The smallest absolute Gasteiger partial charge is 0.162 e. The third-order valence-corrected chi connectivity index (χ3v) is 9.29. The number of halogens is 1. The van der Waals surface area contributed by atoms with E-state index < -0.39 is 0 Å². The number of nitrogens with zero attached hydrogens (tertiary/aromatic N) is 4. The largest absolute Gasteiger partial charge is 0.355 e. The van der Waals surface area contributed by atoms with Crippen LogP contribution in [-0.4, -0.2) is 58.9 Å². The van der Waals surface area contributed by atoms with Crippen LogP contribution in [-0.2, 0) is 17.6 Å². The van der Waals surface area contributed by atoms with Crippen molar-refractivity contribution in [1.82, 2.24) is 14.5 Å². The number of aryl methyl sites for hydroxylation is 1. The summed E-state index contributed by atoms with van der Waals surface area (Å²) in [6, 6.07) is 6.26. The lowest BCUT2D eigenvalue weighted by Crippen LogP contribution is -2.34. The highest BCUT2D eigenvalue weighted by molar-refractivity contribution is 5.95. The topological polar surface area (TPSA) is 59.7 Å². The van der Waals surface area contributed by atoms with Gasteiger partial charge in [-0.3, -0.25) is 9.79 Å². The second kappa shape index (κ2) is 16.2. The van der Waals surface area contributed by atoms with Crippen molar-refractivity contribution in [3.8, 4) is 0 Å². The number of imidazole rings is 1. The molecule has 44 heavy (non-hydrogen) atoms. The number of rotatable bonds is 15. The van der Waals surface area contributed by atoms with Crippen LogP contribution in [0.1, 0.15) is 105 Å². The molecule has 3 aliphatic rings. The minimum Gasteiger partial charge on any atom is -0.355 e. The Labute approximate surface area is 262 Å². The van der Waals surface area contributed by atoms with E-state index in [9.17, 15) is 9.18 Å². The van der Waals surface area contributed by atoms with Crippen molar-refractivity contribution in [1.29, 1.82) is 0 Å². The van der Waals surface area contributed by atoms with E-state index in [1.807, 2.05) is 6.21 Å². The van der Waals surface area contributed by atoms with Gasteiger partial charge in [-0.15, -0.1) is 0 Å². The molecule has 1 atom stereocenters. The van der Waals surface area contributed by atoms with Crippen LogP contribution in [0.2, 0.25) is 0 Å². The van der Waals surface area contributed by atoms with Crippen LogP contribution in [0.3, 0.4) is 0 Å². The zero-order valence-electron chi connectivity index (χ0n) is 26.6. The first kappa shape index (κ1) is 32.2. The molecule has 5 rings (SSSR count). The van der Waals surface area contributed by atoms with Crippen LogP contribution < -0.4 is 0 Å². The fraction of sp³-hybridized carbons (Fsp3) is 0.541. The molecule has 3 heterocycles. The zero-order chi connectivity index (χ0) is 30.7. The highest BCUT2D eigenvalue weighted by Crippen LogP contribution is 2.41. The van der Waals surface area contributed by atoms with Crippen molar-refractivity contribution in [2.45, 2.75) is 96.7 Å². The Morgan fingerprint density at radius 3 is 2.64 bits per heavy atom. The van der Waals surface area contributed by atoms with Crippen LogP contribution in [0.25, 0.3) is 0 Å². The Bertz CT molecular complexity index is 1340. The number of fused-ring (bicyclic) bond motifs is 1. The van der Waals surface area contributed by atoms with Gasteiger partial charge in [0.25, 0.3) is 0 Å². The predicted octanol–water partition coefficient (Wildman–Crippen LogP) is 7.84. The van der Waals surface area contributed by atoms with Gasteiger partial charge < -0.3 is 14.2 Å². The van der Waals surface area contributed by atoms with Crippen molar-refractivity contribution < 1.29 is 13.9 Å². The lowest BCUT2D eigenvalue weighted by atomic mass is 9.79. The van der Waals surface area contributed by atoms with Crippen molar-refractivity contribution in [2.75, 3.05) is 26.2 Å². The number of hydrogen-bond donors (Lipinski definition) is 0. The Kier molecular flexibility index (Phi) is 11.9. The number of likely N-dealkylation sites (tertiary alicyclic amines) is 1. The molecule has 6 nitrogen and oxygen atoms in total. The van der Waals surface area contributed by atoms with Gasteiger partial charge in [-0.05, 0) is 95.1 Å². The van der Waals surface area contributed by atoms with Gasteiger partial charge in [-0.1, -0.05) is 49.3 Å². The van der Waals surface area contributed by atoms with E-state index in [0.717, 1.165) is 63.0 Å². The number of piperidine rings is 1. The highest BCUT2D eigenvalue weighted by Gasteiger charge is 2.34. The van der Waals surface area contributed by atoms with Gasteiger partial charge in [0.15, 0.2) is 12.0 Å². The number of ether oxygens (including phenoxy) is 1. The highest BCUT2D eigenvalue weighted by atomic mass is 19.1. The lowest BCUT2D eigenvalue weighted by molar-refractivity contribution is 0.0377. The molecule has 0 N–H and O–H groups in total. The molecule has 1 aromatic carbocycles. The predicted molar refractivity (Wildman–Crippen MR) is 176 cm³/mol. The summed E-state index contributed by atoms with van der Waals surface area (Å²) in [6.07, 6.45) is 23.6. The average molecular weight is 601 g/mol. The molecule has 0 amide bonds. The summed E-state index contributed by atoms with van der Waals surface area (Å²) in [6.45, 7) is 8.36. The number of carbonyl (C=O) groups is 1. The number of aromatic nitrogens is 2. The van der Waals surface area contributed by atoms with E-state index in [1.165, 1.54) is 55.8 Å². The van der Waals surface area contributed by atoms with E-state index in [1.54, 1.807) is 12.1 Å². The molecule has 2 aliphatic heterocycles. The molecule has 1 aliphatic carbocycles. The fourth-order valence-electron chi connectivity index (χ4n) is 6.39. The van der Waals surface area contributed by atoms with E-state index in [0.29, 0.717) is 30.6 Å². The van der Waals surface area contributed by atoms with Crippen LogP contribution in [0.4, 0.5) is 4.39 Å². The first-order valence-electron chi connectivity index (χ1n) is 16.8. The summed E-state index contributed by atoms with van der Waals surface area (Å²) in [5.74, 6) is 1.40. The van der Waals surface area contributed by atoms with Gasteiger partial charge in [-0.2, -0.15) is 0 Å². The van der Waals surface area contributed by atoms with Gasteiger partial charge in [-0.25, -0.2) is 9.37 Å². The lowest BCUT2D eigenvalue weighted by Gasteiger charge is -2.37. The zero-order valence-corrected chi connectivity index (χ0v) is 26.6. The van der Waals surface area contributed by atoms with E-state index in [-0.39, 0.29) is 17.8 Å². The molecule has 2 aromatic rings. The first-order valence-corrected chi connectivity index (χ1v) is 16.8. The molecule has 2 fully saturated rings. The second-order valence-electron chi connectivity index (χ2n) is 12.6. The van der Waals surface area contributed by atoms with E-state index in [2.05, 4.69) is 53.7 Å². The molecule has 1 aromatic heterocycles. The Balaban J connectivity index is 1.19. The third kappa shape index (κ3) is 8.95. The van der Waals surface area contributed by atoms with Gasteiger partial charge in [0.2, 0.25) is 0 Å². The standard InChI is InChI=1S/C37H49FN4O2/c1-3-28(2)12-6-4-7-13-29-24-32(25-29)42-34-26-37(44-23-22-41-20-10-5-11-21-41)39-27-33(34)40-36(42)15-9-8-14-35(43)30-16-18-31(38)19-17-30/h4,6-7,12-13,16-19,27,29,32,37H,3,5,8-11,14-15,20-26H2,1-2H3. The SMILES string of the molecule is CCC(C)=CC=CC=CC1CC(n2c(CCCCC(=O)c3ccc(F)cc3)nc3c2CC(OCCN2CCCCC2)N=C3)C1. The van der Waals surface area contributed by atoms with Crippen LogP contribution in [0, 0.1) is 11.7 Å². The third-order valence-electron chi connectivity index (χ3n) is 9.29. The maximum Gasteiger partial charge on any atom is 0.162 e. The number of hydrogen-bond acceptors (Lipinski definition) is 5. The summed E-state index contributed by atoms with van der Waals surface area (Å²) >= 11 is 0. The molecule has 236 valence electrons. The van der Waals surface area contributed by atoms with Gasteiger partial charge >= 0.3 is 0 Å². The minimum absolute atomic E-state index is 0.0623. The van der Waals surface area contributed by atoms with Crippen molar-refractivity contribution >= 4 is 12.0 Å². The summed E-state index contributed by atoms with van der Waals surface area (Å²) in [5.41, 5.74) is 4.17. The summed E-state index contributed by atoms with van der Waals surface area (Å²) in [7, 11) is 0. The Hall–Kier alpha value is -3.16. The normalized spacial score (nSPS) is 22.5. The first-order chi connectivity index (χ1) is 21.5. The number of Topliss-reactive ketones (excluding diaryl/α,β-unsaturated/α-hetero) is 1. The van der Waals surface area contributed by atoms with E-state index in [4.69, 9.17) is 14.7 Å².